The molecule has 2 aromatic heterocycles. The molecule has 55 heavy (non-hydrogen) atoms. The number of aromatic nitrogens is 1. The largest absolute Gasteiger partial charge is 0.309 e. The van der Waals surface area contributed by atoms with E-state index in [2.05, 4.69) is 216 Å². The minimum absolute atomic E-state index is 1.11. The smallest absolute Gasteiger partial charge is 0.0541 e. The summed E-state index contributed by atoms with van der Waals surface area (Å²) in [5.41, 5.74) is 11.8. The van der Waals surface area contributed by atoms with Gasteiger partial charge in [0.2, 0.25) is 0 Å². The lowest BCUT2D eigenvalue weighted by Gasteiger charge is -2.29. The number of fused-ring (bicyclic) bond motifs is 7. The van der Waals surface area contributed by atoms with E-state index in [1.807, 2.05) is 11.3 Å². The summed E-state index contributed by atoms with van der Waals surface area (Å²) in [5.74, 6) is 0. The van der Waals surface area contributed by atoms with Crippen molar-refractivity contribution in [2.75, 3.05) is 4.90 Å². The van der Waals surface area contributed by atoms with E-state index >= 15 is 0 Å². The summed E-state index contributed by atoms with van der Waals surface area (Å²) >= 11 is 1.86. The maximum atomic E-state index is 2.44. The minimum Gasteiger partial charge on any atom is -0.309 e. The maximum absolute atomic E-state index is 2.44. The Morgan fingerprint density at radius 3 is 1.65 bits per heavy atom. The second-order valence-electron chi connectivity index (χ2n) is 14.1. The monoisotopic (exact) mass is 718 g/mol. The van der Waals surface area contributed by atoms with Crippen LogP contribution in [0.15, 0.2) is 206 Å². The third-order valence-corrected chi connectivity index (χ3v) is 12.1. The van der Waals surface area contributed by atoms with Crippen LogP contribution in [0.1, 0.15) is 0 Å². The van der Waals surface area contributed by atoms with Gasteiger partial charge in [0.15, 0.2) is 0 Å². The molecule has 0 amide bonds. The van der Waals surface area contributed by atoms with Crippen LogP contribution in [0.5, 0.6) is 0 Å². The van der Waals surface area contributed by atoms with E-state index in [1.165, 1.54) is 75.0 Å². The van der Waals surface area contributed by atoms with Crippen LogP contribution in [-0.2, 0) is 0 Å². The molecular formula is C52H34N2S. The fourth-order valence-electron chi connectivity index (χ4n) is 8.51. The quantitative estimate of drug-likeness (QED) is 0.166. The molecule has 0 aliphatic rings. The van der Waals surface area contributed by atoms with Crippen LogP contribution in [0.25, 0.3) is 80.7 Å². The maximum Gasteiger partial charge on any atom is 0.0541 e. The normalized spacial score (nSPS) is 11.6. The van der Waals surface area contributed by atoms with Crippen LogP contribution < -0.4 is 4.90 Å². The molecule has 0 fully saturated rings. The third kappa shape index (κ3) is 5.16. The van der Waals surface area contributed by atoms with E-state index in [-0.39, 0.29) is 0 Å². The van der Waals surface area contributed by atoms with Gasteiger partial charge < -0.3 is 9.47 Å². The summed E-state index contributed by atoms with van der Waals surface area (Å²) in [5, 5.41) is 7.59. The number of rotatable bonds is 6. The zero-order chi connectivity index (χ0) is 36.3. The SMILES string of the molecule is c1ccc(N(c2ccc(-c3ccc(-n4c5ccccc5c5ccccc54)cc3)cc2)c2cccc3ccccc23)c(-c2cccc3sc4ccccc4c23)c1. The van der Waals surface area contributed by atoms with Crippen molar-refractivity contribution < 1.29 is 0 Å². The third-order valence-electron chi connectivity index (χ3n) is 11.0. The Morgan fingerprint density at radius 1 is 0.364 bits per heavy atom. The number of hydrogen-bond donors (Lipinski definition) is 0. The summed E-state index contributed by atoms with van der Waals surface area (Å²) in [6, 6.07) is 75.1. The first-order valence-corrected chi connectivity index (χ1v) is 19.6. The molecule has 0 N–H and O–H groups in total. The number of thiophene rings is 1. The van der Waals surface area contributed by atoms with E-state index in [4.69, 9.17) is 0 Å². The Morgan fingerprint density at radius 2 is 0.891 bits per heavy atom. The molecule has 258 valence electrons. The zero-order valence-electron chi connectivity index (χ0n) is 29.9. The van der Waals surface area contributed by atoms with Gasteiger partial charge in [-0.1, -0.05) is 146 Å². The van der Waals surface area contributed by atoms with Gasteiger partial charge in [-0.3, -0.25) is 0 Å². The fraction of sp³-hybridized carbons (Fsp3) is 0. The summed E-state index contributed by atoms with van der Waals surface area (Å²) in [4.78, 5) is 2.44. The highest BCUT2D eigenvalue weighted by Gasteiger charge is 2.21. The van der Waals surface area contributed by atoms with E-state index < -0.39 is 0 Å². The molecule has 9 aromatic carbocycles. The predicted octanol–water partition coefficient (Wildman–Crippen LogP) is 15.1. The Hall–Kier alpha value is -6.94. The molecule has 0 radical (unpaired) electrons. The van der Waals surface area contributed by atoms with Crippen molar-refractivity contribution >= 4 is 81.1 Å². The van der Waals surface area contributed by atoms with Crippen molar-refractivity contribution in [2.45, 2.75) is 0 Å². The molecule has 0 spiro atoms. The number of anilines is 3. The molecule has 0 saturated heterocycles. The van der Waals surface area contributed by atoms with Gasteiger partial charge in [0.1, 0.15) is 0 Å². The van der Waals surface area contributed by atoms with Crippen molar-refractivity contribution in [3.8, 4) is 27.9 Å². The van der Waals surface area contributed by atoms with Crippen LogP contribution in [0.4, 0.5) is 17.1 Å². The molecular weight excluding hydrogens is 685 g/mol. The van der Waals surface area contributed by atoms with E-state index in [0.29, 0.717) is 0 Å². The minimum atomic E-state index is 1.11. The Balaban J connectivity index is 1.04. The number of para-hydroxylation sites is 3. The van der Waals surface area contributed by atoms with Crippen LogP contribution >= 0.6 is 11.3 Å². The van der Waals surface area contributed by atoms with Gasteiger partial charge in [0, 0.05) is 53.3 Å². The lowest BCUT2D eigenvalue weighted by Crippen LogP contribution is -2.11. The first-order valence-electron chi connectivity index (χ1n) is 18.8. The van der Waals surface area contributed by atoms with Gasteiger partial charge in [0.05, 0.1) is 22.4 Å². The molecule has 11 aromatic rings. The molecule has 0 aliphatic carbocycles. The van der Waals surface area contributed by atoms with Gasteiger partial charge >= 0.3 is 0 Å². The van der Waals surface area contributed by atoms with E-state index in [9.17, 15) is 0 Å². The van der Waals surface area contributed by atoms with Crippen molar-refractivity contribution in [3.63, 3.8) is 0 Å². The molecule has 2 nitrogen and oxygen atoms in total. The highest BCUT2D eigenvalue weighted by Crippen LogP contribution is 2.47. The van der Waals surface area contributed by atoms with Gasteiger partial charge in [0.25, 0.3) is 0 Å². The molecule has 2 heterocycles. The van der Waals surface area contributed by atoms with Crippen molar-refractivity contribution in [1.29, 1.82) is 0 Å². The Bertz CT molecular complexity index is 3150. The number of nitrogens with zero attached hydrogens (tertiary/aromatic N) is 2. The van der Waals surface area contributed by atoms with Gasteiger partial charge in [-0.15, -0.1) is 11.3 Å². The molecule has 0 unspecified atom stereocenters. The van der Waals surface area contributed by atoms with Crippen molar-refractivity contribution in [2.24, 2.45) is 0 Å². The second-order valence-corrected chi connectivity index (χ2v) is 15.2. The average molecular weight is 719 g/mol. The van der Waals surface area contributed by atoms with Gasteiger partial charge in [-0.05, 0) is 82.7 Å². The summed E-state index contributed by atoms with van der Waals surface area (Å²) in [6.07, 6.45) is 0. The zero-order valence-corrected chi connectivity index (χ0v) is 30.7. The predicted molar refractivity (Wildman–Crippen MR) is 237 cm³/mol. The van der Waals surface area contributed by atoms with Crippen molar-refractivity contribution in [1.82, 2.24) is 4.57 Å². The summed E-state index contributed by atoms with van der Waals surface area (Å²) < 4.78 is 4.99. The summed E-state index contributed by atoms with van der Waals surface area (Å²) in [7, 11) is 0. The summed E-state index contributed by atoms with van der Waals surface area (Å²) in [6.45, 7) is 0. The van der Waals surface area contributed by atoms with Crippen molar-refractivity contribution in [3.05, 3.63) is 206 Å². The lowest BCUT2D eigenvalue weighted by atomic mass is 9.96. The van der Waals surface area contributed by atoms with E-state index in [1.54, 1.807) is 0 Å². The molecule has 0 bridgehead atoms. The molecule has 0 atom stereocenters. The Kier molecular flexibility index (Phi) is 7.39. The number of benzene rings is 9. The first kappa shape index (κ1) is 31.6. The standard InChI is InChI=1S/C52H34N2S/c1-2-15-40-37(13-1)14-11-24-46(40)53(49-23-9-5-18-43(49)44-20-12-26-51-52(44)45-19-6-10-25-50(45)55-51)38-31-27-35(28-32-38)36-29-33-39(34-30-36)54-47-21-7-3-16-41(47)42-17-4-8-22-48(42)54/h1-34H. The highest BCUT2D eigenvalue weighted by molar-refractivity contribution is 7.25. The highest BCUT2D eigenvalue weighted by atomic mass is 32.1. The average Bonchev–Trinajstić information content (AvgIpc) is 3.81. The van der Waals surface area contributed by atoms with E-state index in [0.717, 1.165) is 22.7 Å². The molecule has 11 rings (SSSR count). The topological polar surface area (TPSA) is 8.17 Å². The first-order chi connectivity index (χ1) is 27.3. The Labute approximate surface area is 323 Å². The van der Waals surface area contributed by atoms with Crippen LogP contribution in [0.3, 0.4) is 0 Å². The van der Waals surface area contributed by atoms with Gasteiger partial charge in [-0.2, -0.15) is 0 Å². The van der Waals surface area contributed by atoms with Gasteiger partial charge in [-0.25, -0.2) is 0 Å². The lowest BCUT2D eigenvalue weighted by molar-refractivity contribution is 1.18. The fourth-order valence-corrected chi connectivity index (χ4v) is 9.65. The van der Waals surface area contributed by atoms with Crippen LogP contribution in [-0.4, -0.2) is 4.57 Å². The van der Waals surface area contributed by atoms with Crippen LogP contribution in [0, 0.1) is 0 Å². The molecule has 0 aliphatic heterocycles. The number of hydrogen-bond acceptors (Lipinski definition) is 2. The molecule has 3 heteroatoms. The molecule has 0 saturated carbocycles. The van der Waals surface area contributed by atoms with Crippen LogP contribution in [0.2, 0.25) is 0 Å². The second kappa shape index (κ2) is 12.9.